The molecule has 0 N–H and O–H groups in total. The highest BCUT2D eigenvalue weighted by atomic mass is 19.4. The van der Waals surface area contributed by atoms with Crippen molar-refractivity contribution in [1.29, 1.82) is 0 Å². The van der Waals surface area contributed by atoms with E-state index in [1.54, 1.807) is 4.90 Å². The predicted molar refractivity (Wildman–Crippen MR) is 95.1 cm³/mol. The van der Waals surface area contributed by atoms with E-state index in [4.69, 9.17) is 0 Å². The van der Waals surface area contributed by atoms with Crippen LogP contribution >= 0.6 is 0 Å². The van der Waals surface area contributed by atoms with Gasteiger partial charge in [0.25, 0.3) is 0 Å². The van der Waals surface area contributed by atoms with Gasteiger partial charge in [-0.1, -0.05) is 24.3 Å². The van der Waals surface area contributed by atoms with Crippen LogP contribution in [-0.2, 0) is 23.9 Å². The molecule has 0 radical (unpaired) electrons. The van der Waals surface area contributed by atoms with Crippen LogP contribution in [0.4, 0.5) is 19.0 Å². The Hall–Kier alpha value is -2.57. The maximum absolute atomic E-state index is 12.9. The Labute approximate surface area is 155 Å². The lowest BCUT2D eigenvalue weighted by atomic mass is 9.98. The lowest BCUT2D eigenvalue weighted by Gasteiger charge is -2.31. The molecule has 1 aromatic carbocycles. The average Bonchev–Trinajstić information content (AvgIpc) is 3.17. The number of amides is 1. The Morgan fingerprint density at radius 3 is 2.67 bits per heavy atom. The van der Waals surface area contributed by atoms with Crippen molar-refractivity contribution in [3.63, 3.8) is 0 Å². The van der Waals surface area contributed by atoms with Gasteiger partial charge in [0.2, 0.25) is 5.91 Å². The molecule has 1 atom stereocenters. The second-order valence-corrected chi connectivity index (χ2v) is 7.11. The van der Waals surface area contributed by atoms with Gasteiger partial charge in [-0.15, -0.1) is 0 Å². The van der Waals surface area contributed by atoms with Crippen LogP contribution in [0, 0.1) is 5.92 Å². The molecule has 27 heavy (non-hydrogen) atoms. The molecule has 0 aliphatic carbocycles. The SMILES string of the molecule is O=C(C1CCN(c2cc(C(F)(F)F)ccn2)C1)N1CCc2ccccc2C1. The first-order valence-corrected chi connectivity index (χ1v) is 9.05. The Kier molecular flexibility index (Phi) is 4.53. The summed E-state index contributed by atoms with van der Waals surface area (Å²) in [6.07, 6.45) is -1.74. The third-order valence-electron chi connectivity index (χ3n) is 5.38. The zero-order valence-electron chi connectivity index (χ0n) is 14.7. The highest BCUT2D eigenvalue weighted by molar-refractivity contribution is 5.80. The van der Waals surface area contributed by atoms with Crippen molar-refractivity contribution in [2.45, 2.75) is 25.6 Å². The van der Waals surface area contributed by atoms with Crippen LogP contribution in [0.15, 0.2) is 42.6 Å². The van der Waals surface area contributed by atoms with Crippen molar-refractivity contribution in [3.05, 3.63) is 59.3 Å². The molecular formula is C20H20F3N3O. The number of benzene rings is 1. The molecule has 2 aliphatic heterocycles. The summed E-state index contributed by atoms with van der Waals surface area (Å²) in [5, 5.41) is 0. The second-order valence-electron chi connectivity index (χ2n) is 7.11. The maximum atomic E-state index is 12.9. The molecule has 4 nitrogen and oxygen atoms in total. The normalized spacial score (nSPS) is 19.9. The minimum absolute atomic E-state index is 0.0824. The number of hydrogen-bond acceptors (Lipinski definition) is 3. The van der Waals surface area contributed by atoms with E-state index in [2.05, 4.69) is 11.1 Å². The van der Waals surface area contributed by atoms with Crippen LogP contribution < -0.4 is 4.90 Å². The number of fused-ring (bicyclic) bond motifs is 1. The zero-order chi connectivity index (χ0) is 19.0. The van der Waals surface area contributed by atoms with Gasteiger partial charge in [-0.05, 0) is 36.1 Å². The third kappa shape index (κ3) is 3.63. The first-order chi connectivity index (χ1) is 12.9. The van der Waals surface area contributed by atoms with E-state index in [9.17, 15) is 18.0 Å². The van der Waals surface area contributed by atoms with Gasteiger partial charge in [-0.25, -0.2) is 4.98 Å². The number of pyridine rings is 1. The Morgan fingerprint density at radius 2 is 1.89 bits per heavy atom. The first kappa shape index (κ1) is 17.8. The van der Waals surface area contributed by atoms with Gasteiger partial charge >= 0.3 is 6.18 Å². The quantitative estimate of drug-likeness (QED) is 0.806. The Bertz CT molecular complexity index is 852. The average molecular weight is 375 g/mol. The number of hydrogen-bond donors (Lipinski definition) is 0. The molecule has 1 fully saturated rings. The van der Waals surface area contributed by atoms with Gasteiger partial charge in [0, 0.05) is 32.4 Å². The predicted octanol–water partition coefficient (Wildman–Crippen LogP) is 3.51. The molecule has 1 saturated heterocycles. The molecule has 3 heterocycles. The Balaban J connectivity index is 1.43. The van der Waals surface area contributed by atoms with Crippen molar-refractivity contribution in [2.24, 2.45) is 5.92 Å². The van der Waals surface area contributed by atoms with Crippen LogP contribution in [0.1, 0.15) is 23.1 Å². The molecule has 0 saturated carbocycles. The number of halogens is 3. The summed E-state index contributed by atoms with van der Waals surface area (Å²) in [6, 6.07) is 10.1. The van der Waals surface area contributed by atoms with Gasteiger partial charge in [-0.2, -0.15) is 13.2 Å². The lowest BCUT2D eigenvalue weighted by molar-refractivity contribution is -0.138. The van der Waals surface area contributed by atoms with Crippen molar-refractivity contribution in [2.75, 3.05) is 24.5 Å². The summed E-state index contributed by atoms with van der Waals surface area (Å²) in [5.41, 5.74) is 1.74. The zero-order valence-corrected chi connectivity index (χ0v) is 14.7. The maximum Gasteiger partial charge on any atom is 0.416 e. The standard InChI is InChI=1S/C20H20F3N3O/c21-20(22,23)17-5-8-24-18(11-17)25-9-7-16(13-25)19(27)26-10-6-14-3-1-2-4-15(14)12-26/h1-5,8,11,16H,6-7,9-10,12-13H2. The molecular weight excluding hydrogens is 355 g/mol. The monoisotopic (exact) mass is 375 g/mol. The number of carbonyl (C=O) groups is 1. The van der Waals surface area contributed by atoms with E-state index in [0.717, 1.165) is 18.6 Å². The van der Waals surface area contributed by atoms with Gasteiger partial charge in [-0.3, -0.25) is 4.79 Å². The van der Waals surface area contributed by atoms with Gasteiger partial charge in [0.1, 0.15) is 5.82 Å². The molecule has 1 unspecified atom stereocenters. The number of aromatic nitrogens is 1. The molecule has 0 bridgehead atoms. The van der Waals surface area contributed by atoms with E-state index in [-0.39, 0.29) is 17.6 Å². The largest absolute Gasteiger partial charge is 0.416 e. The summed E-state index contributed by atoms with van der Waals surface area (Å²) in [7, 11) is 0. The topological polar surface area (TPSA) is 36.4 Å². The summed E-state index contributed by atoms with van der Waals surface area (Å²) >= 11 is 0. The van der Waals surface area contributed by atoms with Gasteiger partial charge in [0.15, 0.2) is 0 Å². The lowest BCUT2D eigenvalue weighted by Crippen LogP contribution is -2.40. The van der Waals surface area contributed by atoms with E-state index >= 15 is 0 Å². The van der Waals surface area contributed by atoms with Crippen molar-refractivity contribution < 1.29 is 18.0 Å². The number of carbonyl (C=O) groups excluding carboxylic acids is 1. The van der Waals surface area contributed by atoms with Crippen LogP contribution in [-0.4, -0.2) is 35.4 Å². The molecule has 4 rings (SSSR count). The van der Waals surface area contributed by atoms with E-state index < -0.39 is 11.7 Å². The van der Waals surface area contributed by atoms with E-state index in [0.29, 0.717) is 32.6 Å². The van der Waals surface area contributed by atoms with Gasteiger partial charge < -0.3 is 9.80 Å². The van der Waals surface area contributed by atoms with E-state index in [1.807, 2.05) is 23.1 Å². The number of alkyl halides is 3. The summed E-state index contributed by atoms with van der Waals surface area (Å²) in [6.45, 7) is 2.24. The van der Waals surface area contributed by atoms with Crippen LogP contribution in [0.25, 0.3) is 0 Å². The minimum Gasteiger partial charge on any atom is -0.356 e. The fourth-order valence-electron chi connectivity index (χ4n) is 3.88. The number of nitrogens with zero attached hydrogens (tertiary/aromatic N) is 3. The second kappa shape index (κ2) is 6.87. The smallest absolute Gasteiger partial charge is 0.356 e. The van der Waals surface area contributed by atoms with Gasteiger partial charge in [0.05, 0.1) is 11.5 Å². The fourth-order valence-corrected chi connectivity index (χ4v) is 3.88. The van der Waals surface area contributed by atoms with Crippen molar-refractivity contribution in [1.82, 2.24) is 9.88 Å². The summed E-state index contributed by atoms with van der Waals surface area (Å²) in [4.78, 5) is 20.6. The molecule has 2 aromatic rings. The van der Waals surface area contributed by atoms with E-state index in [1.165, 1.54) is 17.3 Å². The molecule has 0 spiro atoms. The highest BCUT2D eigenvalue weighted by Gasteiger charge is 2.35. The van der Waals surface area contributed by atoms with Crippen molar-refractivity contribution in [3.8, 4) is 0 Å². The third-order valence-corrected chi connectivity index (χ3v) is 5.38. The highest BCUT2D eigenvalue weighted by Crippen LogP contribution is 2.32. The van der Waals surface area contributed by atoms with Crippen LogP contribution in [0.2, 0.25) is 0 Å². The number of rotatable bonds is 2. The van der Waals surface area contributed by atoms with Crippen LogP contribution in [0.5, 0.6) is 0 Å². The number of anilines is 1. The molecule has 2 aliphatic rings. The fraction of sp³-hybridized carbons (Fsp3) is 0.400. The molecule has 142 valence electrons. The summed E-state index contributed by atoms with van der Waals surface area (Å²) in [5.74, 6) is 0.162. The first-order valence-electron chi connectivity index (χ1n) is 9.05. The Morgan fingerprint density at radius 1 is 1.11 bits per heavy atom. The van der Waals surface area contributed by atoms with Crippen molar-refractivity contribution >= 4 is 11.7 Å². The van der Waals surface area contributed by atoms with Crippen LogP contribution in [0.3, 0.4) is 0 Å². The molecule has 1 aromatic heterocycles. The molecule has 7 heteroatoms. The molecule has 1 amide bonds. The summed E-state index contributed by atoms with van der Waals surface area (Å²) < 4.78 is 38.8. The minimum atomic E-state index is -4.40.